The SMILES string of the molecule is C1CSC(c2noc([C@@H]3CCCN3)n2)C1. The van der Waals surface area contributed by atoms with Gasteiger partial charge in [-0.05, 0) is 38.0 Å². The van der Waals surface area contributed by atoms with Crippen molar-refractivity contribution in [3.63, 3.8) is 0 Å². The molecule has 1 N–H and O–H groups in total. The van der Waals surface area contributed by atoms with Crippen molar-refractivity contribution in [3.05, 3.63) is 11.7 Å². The molecule has 15 heavy (non-hydrogen) atoms. The van der Waals surface area contributed by atoms with Crippen LogP contribution in [-0.4, -0.2) is 22.4 Å². The summed E-state index contributed by atoms with van der Waals surface area (Å²) < 4.78 is 5.32. The molecule has 2 fully saturated rings. The van der Waals surface area contributed by atoms with E-state index in [4.69, 9.17) is 4.52 Å². The van der Waals surface area contributed by atoms with E-state index in [2.05, 4.69) is 15.5 Å². The Morgan fingerprint density at radius 3 is 3.07 bits per heavy atom. The fourth-order valence-corrected chi connectivity index (χ4v) is 3.39. The maximum absolute atomic E-state index is 5.32. The Kier molecular flexibility index (Phi) is 2.66. The molecule has 1 aromatic heterocycles. The van der Waals surface area contributed by atoms with Gasteiger partial charge in [-0.1, -0.05) is 5.16 Å². The highest BCUT2D eigenvalue weighted by atomic mass is 32.2. The summed E-state index contributed by atoms with van der Waals surface area (Å²) in [6.07, 6.45) is 4.81. The lowest BCUT2D eigenvalue weighted by Gasteiger charge is -2.02. The van der Waals surface area contributed by atoms with Crippen LogP contribution in [0.25, 0.3) is 0 Å². The Hall–Kier alpha value is -0.550. The minimum Gasteiger partial charge on any atom is -0.338 e. The molecule has 0 saturated carbocycles. The van der Waals surface area contributed by atoms with E-state index in [1.807, 2.05) is 11.8 Å². The lowest BCUT2D eigenvalue weighted by Crippen LogP contribution is -2.13. The molecule has 0 aromatic carbocycles. The number of nitrogens with one attached hydrogen (secondary N) is 1. The summed E-state index contributed by atoms with van der Waals surface area (Å²) in [7, 11) is 0. The van der Waals surface area contributed by atoms with E-state index in [9.17, 15) is 0 Å². The molecule has 82 valence electrons. The minimum atomic E-state index is 0.303. The lowest BCUT2D eigenvalue weighted by atomic mass is 10.2. The van der Waals surface area contributed by atoms with Crippen LogP contribution in [0.15, 0.2) is 4.52 Å². The number of thioether (sulfide) groups is 1. The predicted molar refractivity (Wildman–Crippen MR) is 58.7 cm³/mol. The number of hydrogen-bond donors (Lipinski definition) is 1. The van der Waals surface area contributed by atoms with Gasteiger partial charge in [0.15, 0.2) is 5.82 Å². The first-order valence-corrected chi connectivity index (χ1v) is 6.67. The van der Waals surface area contributed by atoms with Gasteiger partial charge >= 0.3 is 0 Å². The van der Waals surface area contributed by atoms with Crippen molar-refractivity contribution in [1.29, 1.82) is 0 Å². The number of rotatable bonds is 2. The monoisotopic (exact) mass is 225 g/mol. The molecule has 0 aliphatic carbocycles. The van der Waals surface area contributed by atoms with E-state index in [1.165, 1.54) is 25.0 Å². The first-order chi connectivity index (χ1) is 7.43. The summed E-state index contributed by atoms with van der Waals surface area (Å²) in [6.45, 7) is 1.07. The average Bonchev–Trinajstić information content (AvgIpc) is 3.02. The Balaban J connectivity index is 1.74. The molecule has 2 aliphatic heterocycles. The fourth-order valence-electron chi connectivity index (χ4n) is 2.20. The molecule has 5 heteroatoms. The molecule has 0 spiro atoms. The lowest BCUT2D eigenvalue weighted by molar-refractivity contribution is 0.341. The molecule has 1 aromatic rings. The van der Waals surface area contributed by atoms with Gasteiger partial charge in [0.25, 0.3) is 0 Å². The minimum absolute atomic E-state index is 0.303. The first-order valence-electron chi connectivity index (χ1n) is 5.62. The molecule has 0 radical (unpaired) electrons. The second-order valence-corrected chi connectivity index (χ2v) is 5.45. The van der Waals surface area contributed by atoms with E-state index in [0.29, 0.717) is 11.3 Å². The van der Waals surface area contributed by atoms with Crippen molar-refractivity contribution < 1.29 is 4.52 Å². The Morgan fingerprint density at radius 1 is 1.33 bits per heavy atom. The number of nitrogens with zero attached hydrogens (tertiary/aromatic N) is 2. The van der Waals surface area contributed by atoms with Crippen molar-refractivity contribution in [2.75, 3.05) is 12.3 Å². The smallest absolute Gasteiger partial charge is 0.243 e. The number of aromatic nitrogens is 2. The van der Waals surface area contributed by atoms with Crippen LogP contribution >= 0.6 is 11.8 Å². The van der Waals surface area contributed by atoms with Crippen LogP contribution in [0.2, 0.25) is 0 Å². The van der Waals surface area contributed by atoms with Crippen LogP contribution in [0.5, 0.6) is 0 Å². The van der Waals surface area contributed by atoms with Gasteiger partial charge in [-0.25, -0.2) is 0 Å². The van der Waals surface area contributed by atoms with Crippen LogP contribution in [0.1, 0.15) is 48.7 Å². The molecule has 0 amide bonds. The van der Waals surface area contributed by atoms with Crippen LogP contribution in [-0.2, 0) is 0 Å². The molecule has 1 unspecified atom stereocenters. The van der Waals surface area contributed by atoms with Gasteiger partial charge in [-0.3, -0.25) is 0 Å². The highest BCUT2D eigenvalue weighted by molar-refractivity contribution is 7.99. The van der Waals surface area contributed by atoms with Crippen molar-refractivity contribution >= 4 is 11.8 Å². The summed E-state index contributed by atoms with van der Waals surface area (Å²) in [6, 6.07) is 0.303. The zero-order chi connectivity index (χ0) is 10.1. The van der Waals surface area contributed by atoms with E-state index in [-0.39, 0.29) is 0 Å². The van der Waals surface area contributed by atoms with Gasteiger partial charge in [-0.2, -0.15) is 16.7 Å². The zero-order valence-electron chi connectivity index (χ0n) is 8.61. The van der Waals surface area contributed by atoms with Gasteiger partial charge in [0.2, 0.25) is 5.89 Å². The zero-order valence-corrected chi connectivity index (χ0v) is 9.42. The molecule has 4 nitrogen and oxygen atoms in total. The molecule has 2 aliphatic rings. The van der Waals surface area contributed by atoms with Gasteiger partial charge in [0, 0.05) is 0 Å². The molecule has 0 bridgehead atoms. The second kappa shape index (κ2) is 4.14. The van der Waals surface area contributed by atoms with E-state index in [1.54, 1.807) is 0 Å². The highest BCUT2D eigenvalue weighted by Crippen LogP contribution is 2.38. The quantitative estimate of drug-likeness (QED) is 0.835. The van der Waals surface area contributed by atoms with E-state index in [0.717, 1.165) is 24.7 Å². The third kappa shape index (κ3) is 1.90. The van der Waals surface area contributed by atoms with Gasteiger partial charge in [-0.15, -0.1) is 0 Å². The van der Waals surface area contributed by atoms with Crippen LogP contribution in [0.3, 0.4) is 0 Å². The van der Waals surface area contributed by atoms with Gasteiger partial charge in [0.1, 0.15) is 0 Å². The predicted octanol–water partition coefficient (Wildman–Crippen LogP) is 2.06. The van der Waals surface area contributed by atoms with Crippen LogP contribution < -0.4 is 5.32 Å². The molecular formula is C10H15N3OS. The summed E-state index contributed by atoms with van der Waals surface area (Å²) in [5.74, 6) is 2.92. The highest BCUT2D eigenvalue weighted by Gasteiger charge is 2.26. The summed E-state index contributed by atoms with van der Waals surface area (Å²) in [5, 5.41) is 7.95. The van der Waals surface area contributed by atoms with Gasteiger partial charge < -0.3 is 9.84 Å². The third-order valence-corrected chi connectivity index (χ3v) is 4.41. The molecule has 2 saturated heterocycles. The molecule has 3 rings (SSSR count). The summed E-state index contributed by atoms with van der Waals surface area (Å²) >= 11 is 1.95. The molecular weight excluding hydrogens is 210 g/mol. The molecule has 2 atom stereocenters. The summed E-state index contributed by atoms with van der Waals surface area (Å²) in [4.78, 5) is 4.51. The largest absolute Gasteiger partial charge is 0.338 e. The first kappa shape index (κ1) is 9.66. The standard InChI is InChI=1S/C10H15N3OS/c1-3-7(11-5-1)10-12-9(13-14-10)8-4-2-6-15-8/h7-8,11H,1-6H2/t7-,8?/m0/s1. The Labute approximate surface area is 93.2 Å². The fraction of sp³-hybridized carbons (Fsp3) is 0.800. The maximum Gasteiger partial charge on any atom is 0.243 e. The number of hydrogen-bond acceptors (Lipinski definition) is 5. The van der Waals surface area contributed by atoms with Crippen molar-refractivity contribution in [2.45, 2.75) is 37.0 Å². The van der Waals surface area contributed by atoms with Crippen LogP contribution in [0.4, 0.5) is 0 Å². The Bertz CT molecular complexity index is 299. The topological polar surface area (TPSA) is 51.0 Å². The third-order valence-electron chi connectivity index (χ3n) is 3.03. The van der Waals surface area contributed by atoms with Gasteiger partial charge in [0.05, 0.1) is 11.3 Å². The van der Waals surface area contributed by atoms with Crippen molar-refractivity contribution in [2.24, 2.45) is 0 Å². The normalized spacial score (nSPS) is 31.2. The average molecular weight is 225 g/mol. The van der Waals surface area contributed by atoms with Crippen molar-refractivity contribution in [1.82, 2.24) is 15.5 Å². The Morgan fingerprint density at radius 2 is 2.33 bits per heavy atom. The van der Waals surface area contributed by atoms with E-state index >= 15 is 0 Å². The molecule has 3 heterocycles. The van der Waals surface area contributed by atoms with Crippen LogP contribution in [0, 0.1) is 0 Å². The maximum atomic E-state index is 5.32. The second-order valence-electron chi connectivity index (χ2n) is 4.14. The van der Waals surface area contributed by atoms with Crippen molar-refractivity contribution in [3.8, 4) is 0 Å². The summed E-state index contributed by atoms with van der Waals surface area (Å²) in [5.41, 5.74) is 0. The van der Waals surface area contributed by atoms with E-state index < -0.39 is 0 Å².